The van der Waals surface area contributed by atoms with E-state index in [1.807, 2.05) is 0 Å². The first-order valence-electron chi connectivity index (χ1n) is 5.50. The van der Waals surface area contributed by atoms with Crippen LogP contribution in [0, 0.1) is 17.5 Å². The molecular formula is C14H11F3O. The van der Waals surface area contributed by atoms with Gasteiger partial charge >= 0.3 is 0 Å². The quantitative estimate of drug-likeness (QED) is 0.796. The van der Waals surface area contributed by atoms with E-state index in [0.29, 0.717) is 6.61 Å². The minimum absolute atomic E-state index is 0.0250. The molecule has 0 aliphatic rings. The number of hydrogen-bond acceptors (Lipinski definition) is 1. The highest BCUT2D eigenvalue weighted by Gasteiger charge is 2.12. The molecule has 0 saturated carbocycles. The van der Waals surface area contributed by atoms with E-state index in [0.717, 1.165) is 12.1 Å². The highest BCUT2D eigenvalue weighted by atomic mass is 19.2. The van der Waals surface area contributed by atoms with E-state index in [-0.39, 0.29) is 16.9 Å². The molecule has 2 rings (SSSR count). The molecule has 0 heterocycles. The fourth-order valence-corrected chi connectivity index (χ4v) is 1.67. The monoisotopic (exact) mass is 252 g/mol. The van der Waals surface area contributed by atoms with Crippen molar-refractivity contribution in [2.24, 2.45) is 0 Å². The Kier molecular flexibility index (Phi) is 3.55. The number of rotatable bonds is 3. The average Bonchev–Trinajstić information content (AvgIpc) is 2.35. The van der Waals surface area contributed by atoms with Gasteiger partial charge in [-0.2, -0.15) is 0 Å². The molecule has 0 unspecified atom stereocenters. The van der Waals surface area contributed by atoms with Gasteiger partial charge < -0.3 is 4.74 Å². The third-order valence-electron chi connectivity index (χ3n) is 2.49. The van der Waals surface area contributed by atoms with Crippen LogP contribution >= 0.6 is 0 Å². The normalized spacial score (nSPS) is 10.4. The predicted octanol–water partition coefficient (Wildman–Crippen LogP) is 4.17. The summed E-state index contributed by atoms with van der Waals surface area (Å²) in [4.78, 5) is 0. The number of benzene rings is 2. The van der Waals surface area contributed by atoms with Crippen molar-refractivity contribution in [3.63, 3.8) is 0 Å². The second-order valence-corrected chi connectivity index (χ2v) is 3.68. The molecule has 4 heteroatoms. The van der Waals surface area contributed by atoms with Gasteiger partial charge in [0.25, 0.3) is 0 Å². The van der Waals surface area contributed by atoms with E-state index in [9.17, 15) is 13.2 Å². The van der Waals surface area contributed by atoms with Crippen LogP contribution in [-0.4, -0.2) is 6.61 Å². The second-order valence-electron chi connectivity index (χ2n) is 3.68. The molecule has 0 fully saturated rings. The lowest BCUT2D eigenvalue weighted by Crippen LogP contribution is -1.95. The zero-order valence-electron chi connectivity index (χ0n) is 9.71. The molecule has 2 aromatic rings. The Balaban J connectivity index is 2.46. The van der Waals surface area contributed by atoms with Crippen LogP contribution in [0.4, 0.5) is 13.2 Å². The Bertz CT molecular complexity index is 567. The third kappa shape index (κ3) is 2.32. The summed E-state index contributed by atoms with van der Waals surface area (Å²) in [5.74, 6) is -2.45. The first kappa shape index (κ1) is 12.5. The maximum Gasteiger partial charge on any atom is 0.166 e. The van der Waals surface area contributed by atoms with Crippen molar-refractivity contribution < 1.29 is 17.9 Å². The highest BCUT2D eigenvalue weighted by molar-refractivity contribution is 5.65. The smallest absolute Gasteiger partial charge is 0.166 e. The number of hydrogen-bond donors (Lipinski definition) is 0. The lowest BCUT2D eigenvalue weighted by Gasteiger charge is -2.08. The Labute approximate surface area is 103 Å². The second kappa shape index (κ2) is 5.12. The minimum atomic E-state index is -0.985. The summed E-state index contributed by atoms with van der Waals surface area (Å²) in [6, 6.07) is 7.81. The molecule has 0 bridgehead atoms. The Morgan fingerprint density at radius 3 is 2.44 bits per heavy atom. The van der Waals surface area contributed by atoms with Gasteiger partial charge in [0.1, 0.15) is 0 Å². The lowest BCUT2D eigenvalue weighted by molar-refractivity contribution is 0.321. The third-order valence-corrected chi connectivity index (χ3v) is 2.49. The maximum absolute atomic E-state index is 13.6. The molecule has 0 spiro atoms. The summed E-state index contributed by atoms with van der Waals surface area (Å²) >= 11 is 0. The summed E-state index contributed by atoms with van der Waals surface area (Å²) < 4.78 is 45.3. The van der Waals surface area contributed by atoms with Crippen LogP contribution in [0.5, 0.6) is 5.75 Å². The summed E-state index contributed by atoms with van der Waals surface area (Å²) in [6.07, 6.45) is 0. The topological polar surface area (TPSA) is 9.23 Å². The van der Waals surface area contributed by atoms with Gasteiger partial charge in [-0.25, -0.2) is 13.2 Å². The molecule has 0 N–H and O–H groups in total. The van der Waals surface area contributed by atoms with Gasteiger partial charge in [-0.1, -0.05) is 18.2 Å². The molecule has 0 atom stereocenters. The van der Waals surface area contributed by atoms with Gasteiger partial charge in [0.15, 0.2) is 23.2 Å². The predicted molar refractivity (Wildman–Crippen MR) is 62.9 cm³/mol. The molecule has 0 amide bonds. The maximum atomic E-state index is 13.6. The molecule has 0 saturated heterocycles. The van der Waals surface area contributed by atoms with Gasteiger partial charge in [0.05, 0.1) is 6.61 Å². The van der Waals surface area contributed by atoms with Crippen molar-refractivity contribution in [1.82, 2.24) is 0 Å². The minimum Gasteiger partial charge on any atom is -0.491 e. The standard InChI is InChI=1S/C14H11F3O/c1-2-18-13-7-6-9(8-12(13)16)10-4-3-5-11(15)14(10)17/h3-8H,2H2,1H3. The van der Waals surface area contributed by atoms with Crippen LogP contribution in [-0.2, 0) is 0 Å². The Morgan fingerprint density at radius 2 is 1.78 bits per heavy atom. The van der Waals surface area contributed by atoms with E-state index in [1.165, 1.54) is 24.3 Å². The molecular weight excluding hydrogens is 241 g/mol. The molecule has 1 nitrogen and oxygen atoms in total. The van der Waals surface area contributed by atoms with E-state index in [2.05, 4.69) is 0 Å². The summed E-state index contributed by atoms with van der Waals surface area (Å²) in [7, 11) is 0. The van der Waals surface area contributed by atoms with Gasteiger partial charge in [-0.15, -0.1) is 0 Å². The largest absolute Gasteiger partial charge is 0.491 e. The SMILES string of the molecule is CCOc1ccc(-c2cccc(F)c2F)cc1F. The van der Waals surface area contributed by atoms with E-state index >= 15 is 0 Å². The zero-order chi connectivity index (χ0) is 13.1. The average molecular weight is 252 g/mol. The van der Waals surface area contributed by atoms with Crippen LogP contribution in [0.15, 0.2) is 36.4 Å². The van der Waals surface area contributed by atoms with E-state index in [4.69, 9.17) is 4.74 Å². The van der Waals surface area contributed by atoms with Crippen molar-refractivity contribution in [2.45, 2.75) is 6.92 Å². The highest BCUT2D eigenvalue weighted by Crippen LogP contribution is 2.28. The number of ether oxygens (including phenoxy) is 1. The van der Waals surface area contributed by atoms with Crippen LogP contribution in [0.1, 0.15) is 6.92 Å². The van der Waals surface area contributed by atoms with Crippen LogP contribution in [0.2, 0.25) is 0 Å². The van der Waals surface area contributed by atoms with Crippen molar-refractivity contribution in [1.29, 1.82) is 0 Å². The fourth-order valence-electron chi connectivity index (χ4n) is 1.67. The number of halogens is 3. The van der Waals surface area contributed by atoms with Crippen LogP contribution in [0.25, 0.3) is 11.1 Å². The molecule has 0 aromatic heterocycles. The van der Waals surface area contributed by atoms with Crippen LogP contribution < -0.4 is 4.74 Å². The van der Waals surface area contributed by atoms with Gasteiger partial charge in [0, 0.05) is 5.56 Å². The molecule has 0 aliphatic heterocycles. The van der Waals surface area contributed by atoms with E-state index in [1.54, 1.807) is 6.92 Å². The first-order valence-corrected chi connectivity index (χ1v) is 5.50. The first-order chi connectivity index (χ1) is 8.63. The Hall–Kier alpha value is -1.97. The molecule has 18 heavy (non-hydrogen) atoms. The Morgan fingerprint density at radius 1 is 1.00 bits per heavy atom. The zero-order valence-corrected chi connectivity index (χ0v) is 9.71. The molecule has 2 aromatic carbocycles. The van der Waals surface area contributed by atoms with Gasteiger partial charge in [-0.3, -0.25) is 0 Å². The summed E-state index contributed by atoms with van der Waals surface area (Å²) in [5, 5.41) is 0. The molecule has 94 valence electrons. The van der Waals surface area contributed by atoms with Gasteiger partial charge in [0.2, 0.25) is 0 Å². The molecule has 0 aliphatic carbocycles. The van der Waals surface area contributed by atoms with Gasteiger partial charge in [-0.05, 0) is 30.7 Å². The van der Waals surface area contributed by atoms with Crippen LogP contribution in [0.3, 0.4) is 0 Å². The van der Waals surface area contributed by atoms with E-state index < -0.39 is 17.5 Å². The van der Waals surface area contributed by atoms with Crippen molar-refractivity contribution in [3.05, 3.63) is 53.8 Å². The molecule has 0 radical (unpaired) electrons. The van der Waals surface area contributed by atoms with Crippen molar-refractivity contribution in [2.75, 3.05) is 6.61 Å². The summed E-state index contributed by atoms with van der Waals surface area (Å²) in [5.41, 5.74) is 0.296. The van der Waals surface area contributed by atoms with Crippen molar-refractivity contribution in [3.8, 4) is 16.9 Å². The lowest BCUT2D eigenvalue weighted by atomic mass is 10.0. The van der Waals surface area contributed by atoms with Crippen molar-refractivity contribution >= 4 is 0 Å². The summed E-state index contributed by atoms with van der Waals surface area (Å²) in [6.45, 7) is 2.07. The fraction of sp³-hybridized carbons (Fsp3) is 0.143.